The third-order valence-corrected chi connectivity index (χ3v) is 5.65. The van der Waals surface area contributed by atoms with Gasteiger partial charge < -0.3 is 15.5 Å². The number of rotatable bonds is 18. The standard InChI is InChI=1S/C27H45NO3/c1-3-4-5-6-7-8-9-10-11-12-13-14-15-16-17-18-27(31)28-23(2)21-24-19-20-25(29)26(30)22-24/h10-11,19-20,22-23,29-30H,3-9,12-18,21H2,1-2H3,(H,28,31)/b11-10-. The summed E-state index contributed by atoms with van der Waals surface area (Å²) in [5.74, 6) is -0.151. The zero-order valence-corrected chi connectivity index (χ0v) is 19.9. The monoisotopic (exact) mass is 431 g/mol. The van der Waals surface area contributed by atoms with Crippen LogP contribution in [0.4, 0.5) is 0 Å². The maximum Gasteiger partial charge on any atom is 0.220 e. The van der Waals surface area contributed by atoms with Gasteiger partial charge in [0, 0.05) is 12.5 Å². The summed E-state index contributed by atoms with van der Waals surface area (Å²) in [7, 11) is 0. The number of unbranched alkanes of at least 4 members (excludes halogenated alkanes) is 11. The first-order valence-electron chi connectivity index (χ1n) is 12.5. The van der Waals surface area contributed by atoms with Crippen molar-refractivity contribution in [2.75, 3.05) is 0 Å². The highest BCUT2D eigenvalue weighted by atomic mass is 16.3. The topological polar surface area (TPSA) is 69.6 Å². The van der Waals surface area contributed by atoms with E-state index >= 15 is 0 Å². The van der Waals surface area contributed by atoms with Crippen molar-refractivity contribution in [2.24, 2.45) is 0 Å². The van der Waals surface area contributed by atoms with Crippen molar-refractivity contribution in [3.8, 4) is 11.5 Å². The molecule has 1 amide bonds. The third kappa shape index (κ3) is 14.6. The second-order valence-corrected chi connectivity index (χ2v) is 8.83. The van der Waals surface area contributed by atoms with Crippen LogP contribution < -0.4 is 5.32 Å². The van der Waals surface area contributed by atoms with Crippen molar-refractivity contribution in [1.29, 1.82) is 0 Å². The molecule has 4 heteroatoms. The molecule has 0 bridgehead atoms. The van der Waals surface area contributed by atoms with Crippen LogP contribution in [0.25, 0.3) is 0 Å². The van der Waals surface area contributed by atoms with E-state index in [1.807, 2.05) is 6.92 Å². The van der Waals surface area contributed by atoms with Crippen LogP contribution in [0.2, 0.25) is 0 Å². The highest BCUT2D eigenvalue weighted by molar-refractivity contribution is 5.76. The molecule has 1 rings (SSSR count). The van der Waals surface area contributed by atoms with Gasteiger partial charge in [0.15, 0.2) is 11.5 Å². The summed E-state index contributed by atoms with van der Waals surface area (Å²) in [6.07, 6.45) is 22.2. The number of benzene rings is 1. The van der Waals surface area contributed by atoms with E-state index < -0.39 is 0 Å². The highest BCUT2D eigenvalue weighted by Gasteiger charge is 2.09. The fraction of sp³-hybridized carbons (Fsp3) is 0.667. The van der Waals surface area contributed by atoms with Gasteiger partial charge in [-0.15, -0.1) is 0 Å². The molecule has 31 heavy (non-hydrogen) atoms. The van der Waals surface area contributed by atoms with Gasteiger partial charge in [0.2, 0.25) is 5.91 Å². The Hall–Kier alpha value is -1.97. The van der Waals surface area contributed by atoms with Gasteiger partial charge in [0.1, 0.15) is 0 Å². The molecule has 0 aliphatic carbocycles. The van der Waals surface area contributed by atoms with Crippen molar-refractivity contribution < 1.29 is 15.0 Å². The van der Waals surface area contributed by atoms with Crippen LogP contribution in [-0.2, 0) is 11.2 Å². The lowest BCUT2D eigenvalue weighted by molar-refractivity contribution is -0.121. The van der Waals surface area contributed by atoms with Crippen LogP contribution in [0.1, 0.15) is 109 Å². The number of hydrogen-bond acceptors (Lipinski definition) is 3. The lowest BCUT2D eigenvalue weighted by Gasteiger charge is -2.14. The van der Waals surface area contributed by atoms with Crippen LogP contribution in [0.15, 0.2) is 30.4 Å². The summed E-state index contributed by atoms with van der Waals surface area (Å²) in [4.78, 5) is 12.1. The van der Waals surface area contributed by atoms with E-state index in [0.717, 1.165) is 18.4 Å². The van der Waals surface area contributed by atoms with Gasteiger partial charge >= 0.3 is 0 Å². The summed E-state index contributed by atoms with van der Waals surface area (Å²) in [6.45, 7) is 4.22. The molecule has 0 spiro atoms. The van der Waals surface area contributed by atoms with Crippen LogP contribution >= 0.6 is 0 Å². The number of nitrogens with one attached hydrogen (secondary N) is 1. The Morgan fingerprint density at radius 1 is 0.871 bits per heavy atom. The molecule has 0 aliphatic rings. The molecule has 176 valence electrons. The first-order chi connectivity index (χ1) is 15.0. The van der Waals surface area contributed by atoms with Gasteiger partial charge in [-0.1, -0.05) is 76.5 Å². The number of aromatic hydroxyl groups is 2. The van der Waals surface area contributed by atoms with Crippen molar-refractivity contribution in [2.45, 2.75) is 116 Å². The molecular weight excluding hydrogens is 386 g/mol. The smallest absolute Gasteiger partial charge is 0.220 e. The second-order valence-electron chi connectivity index (χ2n) is 8.83. The number of allylic oxidation sites excluding steroid dienone is 2. The molecule has 0 heterocycles. The Kier molecular flexibility index (Phi) is 15.4. The van der Waals surface area contributed by atoms with Crippen LogP contribution in [0.3, 0.4) is 0 Å². The fourth-order valence-corrected chi connectivity index (χ4v) is 3.80. The van der Waals surface area contributed by atoms with E-state index in [4.69, 9.17) is 0 Å². The zero-order valence-electron chi connectivity index (χ0n) is 19.9. The second kappa shape index (κ2) is 17.7. The SMILES string of the molecule is CCCCCCCC/C=C\CCCCCCCC(=O)NC(C)Cc1ccc(O)c(O)c1. The average molecular weight is 432 g/mol. The number of hydrogen-bond donors (Lipinski definition) is 3. The molecule has 0 aliphatic heterocycles. The van der Waals surface area contributed by atoms with Crippen molar-refractivity contribution >= 4 is 5.91 Å². The van der Waals surface area contributed by atoms with Gasteiger partial charge in [-0.3, -0.25) is 4.79 Å². The number of phenols is 2. The summed E-state index contributed by atoms with van der Waals surface area (Å²) >= 11 is 0. The third-order valence-electron chi connectivity index (χ3n) is 5.65. The van der Waals surface area contributed by atoms with Crippen LogP contribution in [-0.4, -0.2) is 22.2 Å². The number of carbonyl (C=O) groups excluding carboxylic acids is 1. The predicted molar refractivity (Wildman–Crippen MR) is 131 cm³/mol. The molecule has 0 saturated carbocycles. The fourth-order valence-electron chi connectivity index (χ4n) is 3.80. The number of carbonyl (C=O) groups is 1. The summed E-state index contributed by atoms with van der Waals surface area (Å²) in [5, 5.41) is 21.9. The van der Waals surface area contributed by atoms with Crippen LogP contribution in [0.5, 0.6) is 11.5 Å². The summed E-state index contributed by atoms with van der Waals surface area (Å²) in [6, 6.07) is 4.79. The van der Waals surface area contributed by atoms with Crippen molar-refractivity contribution in [3.63, 3.8) is 0 Å². The molecular formula is C27H45NO3. The predicted octanol–water partition coefficient (Wildman–Crippen LogP) is 7.18. The highest BCUT2D eigenvalue weighted by Crippen LogP contribution is 2.25. The van der Waals surface area contributed by atoms with E-state index in [2.05, 4.69) is 24.4 Å². The maximum atomic E-state index is 12.1. The van der Waals surface area contributed by atoms with Gasteiger partial charge in [-0.05, 0) is 63.1 Å². The minimum Gasteiger partial charge on any atom is -0.504 e. The minimum absolute atomic E-state index is 0.000398. The lowest BCUT2D eigenvalue weighted by atomic mass is 10.1. The Morgan fingerprint density at radius 3 is 2.06 bits per heavy atom. The van der Waals surface area contributed by atoms with Crippen molar-refractivity contribution in [1.82, 2.24) is 5.32 Å². The molecule has 1 aromatic rings. The normalized spacial score (nSPS) is 12.3. The maximum absolute atomic E-state index is 12.1. The van der Waals surface area contributed by atoms with E-state index in [-0.39, 0.29) is 23.4 Å². The summed E-state index contributed by atoms with van der Waals surface area (Å²) in [5.41, 5.74) is 0.893. The molecule has 3 N–H and O–H groups in total. The Balaban J connectivity index is 1.95. The first kappa shape index (κ1) is 27.1. The number of phenolic OH excluding ortho intramolecular Hbond substituents is 2. The Labute approximate surface area is 190 Å². The van der Waals surface area contributed by atoms with E-state index in [9.17, 15) is 15.0 Å². The van der Waals surface area contributed by atoms with Crippen molar-refractivity contribution in [3.05, 3.63) is 35.9 Å². The molecule has 1 aromatic carbocycles. The van der Waals surface area contributed by atoms with Gasteiger partial charge in [0.05, 0.1) is 0 Å². The molecule has 4 nitrogen and oxygen atoms in total. The molecule has 0 saturated heterocycles. The van der Waals surface area contributed by atoms with Crippen LogP contribution in [0, 0.1) is 0 Å². The molecule has 1 unspecified atom stereocenters. The summed E-state index contributed by atoms with van der Waals surface area (Å²) < 4.78 is 0. The minimum atomic E-state index is -0.121. The molecule has 1 atom stereocenters. The van der Waals surface area contributed by atoms with E-state index in [1.54, 1.807) is 12.1 Å². The van der Waals surface area contributed by atoms with E-state index in [1.165, 1.54) is 76.7 Å². The first-order valence-corrected chi connectivity index (χ1v) is 12.5. The quantitative estimate of drug-likeness (QED) is 0.131. The molecule has 0 fully saturated rings. The van der Waals surface area contributed by atoms with Gasteiger partial charge in [0.25, 0.3) is 0 Å². The number of amides is 1. The Morgan fingerprint density at radius 2 is 1.45 bits per heavy atom. The van der Waals surface area contributed by atoms with E-state index in [0.29, 0.717) is 12.8 Å². The average Bonchev–Trinajstić information content (AvgIpc) is 2.73. The Bertz CT molecular complexity index is 627. The zero-order chi connectivity index (χ0) is 22.7. The largest absolute Gasteiger partial charge is 0.504 e. The molecule has 0 aromatic heterocycles. The van der Waals surface area contributed by atoms with Gasteiger partial charge in [-0.2, -0.15) is 0 Å². The van der Waals surface area contributed by atoms with Gasteiger partial charge in [-0.25, -0.2) is 0 Å². The molecule has 0 radical (unpaired) electrons. The lowest BCUT2D eigenvalue weighted by Crippen LogP contribution is -2.33.